The molecule has 6 heteroatoms. The summed E-state index contributed by atoms with van der Waals surface area (Å²) in [4.78, 5) is 19.7. The van der Waals surface area contributed by atoms with Crippen LogP contribution in [-0.2, 0) is 4.79 Å². The van der Waals surface area contributed by atoms with Gasteiger partial charge in [0.2, 0.25) is 0 Å². The Hall–Kier alpha value is -2.47. The number of carbonyl (C=O) groups excluding carboxylic acids is 1. The van der Waals surface area contributed by atoms with Crippen LogP contribution < -0.4 is 10.2 Å². The molecule has 4 rings (SSSR count). The van der Waals surface area contributed by atoms with Gasteiger partial charge in [-0.05, 0) is 61.7 Å². The van der Waals surface area contributed by atoms with Crippen molar-refractivity contribution in [2.45, 2.75) is 26.7 Å². The van der Waals surface area contributed by atoms with E-state index < -0.39 is 0 Å². The molecule has 0 spiro atoms. The van der Waals surface area contributed by atoms with E-state index >= 15 is 0 Å². The third-order valence-corrected chi connectivity index (χ3v) is 5.66. The van der Waals surface area contributed by atoms with Crippen molar-refractivity contribution in [3.8, 4) is 0 Å². The summed E-state index contributed by atoms with van der Waals surface area (Å²) >= 11 is 1.34. The minimum atomic E-state index is -0.141. The summed E-state index contributed by atoms with van der Waals surface area (Å²) in [6, 6.07) is 9.87. The first-order valence-electron chi connectivity index (χ1n) is 8.81. The Labute approximate surface area is 157 Å². The highest BCUT2D eigenvalue weighted by atomic mass is 32.2. The number of hydrogen-bond donors (Lipinski definition) is 1. The Morgan fingerprint density at radius 2 is 2.00 bits per heavy atom. The molecule has 3 heterocycles. The van der Waals surface area contributed by atoms with Crippen molar-refractivity contribution in [3.05, 3.63) is 52.1 Å². The van der Waals surface area contributed by atoms with E-state index in [9.17, 15) is 4.79 Å². The maximum atomic E-state index is 12.3. The van der Waals surface area contributed by atoms with Gasteiger partial charge in [0, 0.05) is 25.2 Å². The van der Waals surface area contributed by atoms with Crippen LogP contribution in [0.2, 0.25) is 0 Å². The van der Waals surface area contributed by atoms with E-state index in [1.54, 1.807) is 6.08 Å². The van der Waals surface area contributed by atoms with Crippen LogP contribution in [0, 0.1) is 13.8 Å². The molecule has 2 saturated heterocycles. The van der Waals surface area contributed by atoms with Gasteiger partial charge < -0.3 is 14.6 Å². The maximum Gasteiger partial charge on any atom is 0.264 e. The predicted molar refractivity (Wildman–Crippen MR) is 107 cm³/mol. The highest BCUT2D eigenvalue weighted by Gasteiger charge is 2.25. The van der Waals surface area contributed by atoms with Crippen LogP contribution in [0.25, 0.3) is 6.08 Å². The molecule has 0 atom stereocenters. The van der Waals surface area contributed by atoms with Gasteiger partial charge in [0.05, 0.1) is 10.6 Å². The molecule has 2 aliphatic heterocycles. The summed E-state index contributed by atoms with van der Waals surface area (Å²) in [6.45, 7) is 6.16. The molecular weight excluding hydrogens is 346 g/mol. The maximum absolute atomic E-state index is 12.3. The Bertz CT molecular complexity index is 908. The molecule has 2 fully saturated rings. The van der Waals surface area contributed by atoms with E-state index in [1.807, 2.05) is 31.2 Å². The van der Waals surface area contributed by atoms with Gasteiger partial charge in [0.25, 0.3) is 5.91 Å². The zero-order chi connectivity index (χ0) is 18.1. The number of aliphatic imine (C=N–C) groups is 1. The summed E-state index contributed by atoms with van der Waals surface area (Å²) in [7, 11) is 0. The van der Waals surface area contributed by atoms with Crippen LogP contribution in [0.3, 0.4) is 0 Å². The molecule has 1 amide bonds. The molecule has 2 aromatic rings. The lowest BCUT2D eigenvalue weighted by molar-refractivity contribution is -0.115. The molecule has 0 saturated carbocycles. The third-order valence-electron chi connectivity index (χ3n) is 4.75. The van der Waals surface area contributed by atoms with E-state index in [1.165, 1.54) is 30.2 Å². The van der Waals surface area contributed by atoms with Crippen LogP contribution in [0.15, 0.2) is 44.6 Å². The van der Waals surface area contributed by atoms with Crippen molar-refractivity contribution in [3.63, 3.8) is 0 Å². The fourth-order valence-electron chi connectivity index (χ4n) is 3.10. The van der Waals surface area contributed by atoms with Gasteiger partial charge in [-0.1, -0.05) is 12.1 Å². The van der Waals surface area contributed by atoms with Gasteiger partial charge in [-0.25, -0.2) is 4.99 Å². The molecule has 0 aliphatic carbocycles. The summed E-state index contributed by atoms with van der Waals surface area (Å²) in [6.07, 6.45) is 4.19. The normalized spacial score (nSPS) is 20.4. The second-order valence-electron chi connectivity index (χ2n) is 6.57. The fourth-order valence-corrected chi connectivity index (χ4v) is 3.92. The quantitative estimate of drug-likeness (QED) is 0.818. The second kappa shape index (κ2) is 7.03. The lowest BCUT2D eigenvalue weighted by atomic mass is 10.1. The van der Waals surface area contributed by atoms with Crippen LogP contribution in [0.5, 0.6) is 0 Å². The van der Waals surface area contributed by atoms with Gasteiger partial charge in [-0.2, -0.15) is 0 Å². The topological polar surface area (TPSA) is 57.8 Å². The first-order valence-corrected chi connectivity index (χ1v) is 9.62. The first-order chi connectivity index (χ1) is 12.6. The molecule has 134 valence electrons. The minimum absolute atomic E-state index is 0.141. The van der Waals surface area contributed by atoms with Gasteiger partial charge in [-0.3, -0.25) is 4.79 Å². The van der Waals surface area contributed by atoms with Crippen LogP contribution in [-0.4, -0.2) is 24.2 Å². The van der Waals surface area contributed by atoms with Gasteiger partial charge >= 0.3 is 0 Å². The van der Waals surface area contributed by atoms with Crippen LogP contribution in [0.1, 0.15) is 29.7 Å². The van der Waals surface area contributed by atoms with Crippen LogP contribution in [0.4, 0.5) is 11.6 Å². The number of furan rings is 1. The summed E-state index contributed by atoms with van der Waals surface area (Å²) < 4.78 is 5.88. The molecule has 0 bridgehead atoms. The van der Waals surface area contributed by atoms with Gasteiger partial charge in [0.1, 0.15) is 5.76 Å². The van der Waals surface area contributed by atoms with Crippen molar-refractivity contribution in [2.75, 3.05) is 18.0 Å². The smallest absolute Gasteiger partial charge is 0.264 e. The van der Waals surface area contributed by atoms with Crippen molar-refractivity contribution < 1.29 is 9.21 Å². The van der Waals surface area contributed by atoms with E-state index in [0.29, 0.717) is 15.8 Å². The highest BCUT2D eigenvalue weighted by Crippen LogP contribution is 2.31. The Morgan fingerprint density at radius 1 is 1.19 bits per heavy atom. The van der Waals surface area contributed by atoms with Crippen molar-refractivity contribution >= 4 is 40.5 Å². The number of thioether (sulfide) groups is 1. The molecule has 1 N–H and O–H groups in total. The van der Waals surface area contributed by atoms with E-state index in [0.717, 1.165) is 30.2 Å². The van der Waals surface area contributed by atoms with Crippen LogP contribution >= 0.6 is 11.8 Å². The Balaban J connectivity index is 1.53. The first kappa shape index (κ1) is 17.0. The number of aryl methyl sites for hydroxylation is 1. The van der Waals surface area contributed by atoms with E-state index in [4.69, 9.17) is 4.42 Å². The lowest BCUT2D eigenvalue weighted by Gasteiger charge is -2.12. The number of nitrogens with one attached hydrogen (secondary N) is 1. The predicted octanol–water partition coefficient (Wildman–Crippen LogP) is 4.39. The number of carbonyl (C=O) groups is 1. The van der Waals surface area contributed by atoms with Crippen molar-refractivity contribution in [2.24, 2.45) is 4.99 Å². The summed E-state index contributed by atoms with van der Waals surface area (Å²) in [5, 5.41) is 3.43. The third kappa shape index (κ3) is 3.42. The molecule has 2 aliphatic rings. The zero-order valence-corrected chi connectivity index (χ0v) is 15.7. The number of amidine groups is 1. The number of nitrogens with zero attached hydrogens (tertiary/aromatic N) is 2. The van der Waals surface area contributed by atoms with Crippen molar-refractivity contribution in [1.82, 2.24) is 5.32 Å². The second-order valence-corrected chi connectivity index (χ2v) is 7.60. The Kier molecular flexibility index (Phi) is 4.59. The average Bonchev–Trinajstić information content (AvgIpc) is 3.34. The average molecular weight is 367 g/mol. The van der Waals surface area contributed by atoms with E-state index in [2.05, 4.69) is 28.2 Å². The monoisotopic (exact) mass is 367 g/mol. The largest absolute Gasteiger partial charge is 0.441 e. The number of benzene rings is 1. The SMILES string of the molecule is Cc1cccc(N=C2NC(=O)C(=Cc3ccc(N4CCCC4)o3)S2)c1C. The van der Waals surface area contributed by atoms with Crippen molar-refractivity contribution in [1.29, 1.82) is 0 Å². The molecule has 0 radical (unpaired) electrons. The molecule has 26 heavy (non-hydrogen) atoms. The standard InChI is InChI=1S/C20H21N3O2S/c1-13-6-5-7-16(14(13)2)21-20-22-19(24)17(26-20)12-15-8-9-18(25-15)23-10-3-4-11-23/h5-9,12H,3-4,10-11H2,1-2H3,(H,21,22,24). The molecule has 1 aromatic carbocycles. The summed E-state index contributed by atoms with van der Waals surface area (Å²) in [5.74, 6) is 1.43. The molecule has 1 aromatic heterocycles. The molecule has 5 nitrogen and oxygen atoms in total. The van der Waals surface area contributed by atoms with Gasteiger partial charge in [-0.15, -0.1) is 0 Å². The molecular formula is C20H21N3O2S. The number of rotatable bonds is 3. The fraction of sp³-hybridized carbons (Fsp3) is 0.300. The lowest BCUT2D eigenvalue weighted by Crippen LogP contribution is -2.19. The Morgan fingerprint density at radius 3 is 2.81 bits per heavy atom. The molecule has 0 unspecified atom stereocenters. The number of anilines is 1. The number of hydrogen-bond acceptors (Lipinski definition) is 5. The highest BCUT2D eigenvalue weighted by molar-refractivity contribution is 8.18. The summed E-state index contributed by atoms with van der Waals surface area (Å²) in [5.41, 5.74) is 3.18. The van der Waals surface area contributed by atoms with E-state index in [-0.39, 0.29) is 5.91 Å². The minimum Gasteiger partial charge on any atom is -0.441 e. The number of amides is 1. The zero-order valence-electron chi connectivity index (χ0n) is 14.9. The van der Waals surface area contributed by atoms with Gasteiger partial charge in [0.15, 0.2) is 11.1 Å².